The first kappa shape index (κ1) is 14.9. The SMILES string of the molecule is CNC(CSC1CCOCC1)c1ccc(C)cc1C. The number of rotatable bonds is 5. The number of hydrogen-bond acceptors (Lipinski definition) is 3. The molecule has 106 valence electrons. The lowest BCUT2D eigenvalue weighted by Crippen LogP contribution is -2.23. The van der Waals surface area contributed by atoms with Gasteiger partial charge in [-0.25, -0.2) is 0 Å². The Kier molecular flexibility index (Phi) is 5.74. The van der Waals surface area contributed by atoms with Gasteiger partial charge in [-0.15, -0.1) is 0 Å². The molecule has 0 bridgehead atoms. The van der Waals surface area contributed by atoms with Crippen molar-refractivity contribution in [2.45, 2.75) is 38.0 Å². The minimum atomic E-state index is 0.452. The van der Waals surface area contributed by atoms with Crippen LogP contribution in [0.3, 0.4) is 0 Å². The van der Waals surface area contributed by atoms with E-state index in [1.165, 1.54) is 29.5 Å². The molecule has 0 aliphatic carbocycles. The molecule has 3 heteroatoms. The fourth-order valence-corrected chi connectivity index (χ4v) is 3.96. The summed E-state index contributed by atoms with van der Waals surface area (Å²) >= 11 is 2.10. The maximum atomic E-state index is 5.42. The highest BCUT2D eigenvalue weighted by Gasteiger charge is 2.18. The molecule has 0 saturated carbocycles. The van der Waals surface area contributed by atoms with Gasteiger partial charge >= 0.3 is 0 Å². The molecule has 2 rings (SSSR count). The quantitative estimate of drug-likeness (QED) is 0.891. The Morgan fingerprint density at radius 2 is 2.05 bits per heavy atom. The van der Waals surface area contributed by atoms with Crippen molar-refractivity contribution < 1.29 is 4.74 Å². The standard InChI is InChI=1S/C16H25NOS/c1-12-4-5-15(13(2)10-12)16(17-3)11-19-14-6-8-18-9-7-14/h4-5,10,14,16-17H,6-9,11H2,1-3H3. The molecule has 1 aromatic rings. The minimum absolute atomic E-state index is 0.452. The van der Waals surface area contributed by atoms with Crippen molar-refractivity contribution in [3.8, 4) is 0 Å². The van der Waals surface area contributed by atoms with E-state index in [0.717, 1.165) is 24.2 Å². The molecule has 1 fully saturated rings. The van der Waals surface area contributed by atoms with E-state index in [4.69, 9.17) is 4.74 Å². The zero-order valence-electron chi connectivity index (χ0n) is 12.2. The highest BCUT2D eigenvalue weighted by atomic mass is 32.2. The minimum Gasteiger partial charge on any atom is -0.381 e. The van der Waals surface area contributed by atoms with Crippen molar-refractivity contribution in [3.05, 3.63) is 34.9 Å². The summed E-state index contributed by atoms with van der Waals surface area (Å²) in [6, 6.07) is 7.22. The predicted molar refractivity (Wildman–Crippen MR) is 84.0 cm³/mol. The van der Waals surface area contributed by atoms with Crippen molar-refractivity contribution in [3.63, 3.8) is 0 Å². The maximum Gasteiger partial charge on any atom is 0.0476 e. The Morgan fingerprint density at radius 1 is 1.32 bits per heavy atom. The molecular weight excluding hydrogens is 254 g/mol. The number of ether oxygens (including phenoxy) is 1. The maximum absolute atomic E-state index is 5.42. The van der Waals surface area contributed by atoms with Crippen LogP contribution >= 0.6 is 11.8 Å². The van der Waals surface area contributed by atoms with Crippen LogP contribution in [0.25, 0.3) is 0 Å². The number of hydrogen-bond donors (Lipinski definition) is 1. The predicted octanol–water partition coefficient (Wildman–Crippen LogP) is 3.48. The molecule has 1 heterocycles. The summed E-state index contributed by atoms with van der Waals surface area (Å²) in [5.74, 6) is 1.14. The molecular formula is C16H25NOS. The molecule has 2 nitrogen and oxygen atoms in total. The average Bonchev–Trinajstić information content (AvgIpc) is 2.42. The lowest BCUT2D eigenvalue weighted by molar-refractivity contribution is 0.1000. The lowest BCUT2D eigenvalue weighted by atomic mass is 10.0. The third kappa shape index (κ3) is 4.23. The summed E-state index contributed by atoms with van der Waals surface area (Å²) in [4.78, 5) is 0. The van der Waals surface area contributed by atoms with Gasteiger partial charge in [-0.2, -0.15) is 11.8 Å². The molecule has 1 N–H and O–H groups in total. The first-order valence-electron chi connectivity index (χ1n) is 7.14. The van der Waals surface area contributed by atoms with E-state index in [0.29, 0.717) is 6.04 Å². The molecule has 1 saturated heterocycles. The topological polar surface area (TPSA) is 21.3 Å². The van der Waals surface area contributed by atoms with Crippen LogP contribution in [0.2, 0.25) is 0 Å². The summed E-state index contributed by atoms with van der Waals surface area (Å²) in [6.07, 6.45) is 2.40. The molecule has 0 radical (unpaired) electrons. The number of aryl methyl sites for hydroxylation is 2. The van der Waals surface area contributed by atoms with E-state index in [1.807, 2.05) is 0 Å². The van der Waals surface area contributed by atoms with Gasteiger partial charge < -0.3 is 10.1 Å². The van der Waals surface area contributed by atoms with Crippen LogP contribution in [0.4, 0.5) is 0 Å². The van der Waals surface area contributed by atoms with E-state index in [9.17, 15) is 0 Å². The normalized spacial score (nSPS) is 18.5. The first-order valence-corrected chi connectivity index (χ1v) is 8.19. The number of thioether (sulfide) groups is 1. The largest absolute Gasteiger partial charge is 0.381 e. The van der Waals surface area contributed by atoms with Gasteiger partial charge in [-0.1, -0.05) is 23.8 Å². The smallest absolute Gasteiger partial charge is 0.0476 e. The Balaban J connectivity index is 1.95. The van der Waals surface area contributed by atoms with Crippen molar-refractivity contribution in [1.29, 1.82) is 0 Å². The van der Waals surface area contributed by atoms with Crippen molar-refractivity contribution >= 4 is 11.8 Å². The van der Waals surface area contributed by atoms with E-state index >= 15 is 0 Å². The number of nitrogens with one attached hydrogen (secondary N) is 1. The van der Waals surface area contributed by atoms with Gasteiger partial charge in [0.2, 0.25) is 0 Å². The molecule has 1 unspecified atom stereocenters. The number of benzene rings is 1. The highest BCUT2D eigenvalue weighted by molar-refractivity contribution is 7.99. The van der Waals surface area contributed by atoms with Crippen LogP contribution in [0.5, 0.6) is 0 Å². The molecule has 0 aromatic heterocycles. The van der Waals surface area contributed by atoms with Crippen LogP contribution in [0, 0.1) is 13.8 Å². The van der Waals surface area contributed by atoms with Gasteiger partial charge in [-0.05, 0) is 44.9 Å². The Hall–Kier alpha value is -0.510. The van der Waals surface area contributed by atoms with Gasteiger partial charge in [0.1, 0.15) is 0 Å². The fourth-order valence-electron chi connectivity index (χ4n) is 2.62. The van der Waals surface area contributed by atoms with Crippen LogP contribution < -0.4 is 5.32 Å². The van der Waals surface area contributed by atoms with Crippen LogP contribution in [0.15, 0.2) is 18.2 Å². The van der Waals surface area contributed by atoms with Crippen molar-refractivity contribution in [2.75, 3.05) is 26.0 Å². The van der Waals surface area contributed by atoms with Crippen LogP contribution in [-0.4, -0.2) is 31.3 Å². The van der Waals surface area contributed by atoms with Crippen LogP contribution in [0.1, 0.15) is 35.6 Å². The Bertz CT molecular complexity index is 402. The van der Waals surface area contributed by atoms with Gasteiger partial charge in [0.05, 0.1) is 0 Å². The van der Waals surface area contributed by atoms with Gasteiger partial charge in [-0.3, -0.25) is 0 Å². The second-order valence-electron chi connectivity index (χ2n) is 5.35. The molecule has 1 aliphatic heterocycles. The molecule has 0 amide bonds. The van der Waals surface area contributed by atoms with E-state index in [1.54, 1.807) is 0 Å². The summed E-state index contributed by atoms with van der Waals surface area (Å²) in [7, 11) is 2.06. The third-order valence-corrected chi connectivity index (χ3v) is 5.28. The molecule has 1 atom stereocenters. The second kappa shape index (κ2) is 7.32. The summed E-state index contributed by atoms with van der Waals surface area (Å²) in [5.41, 5.74) is 4.17. The zero-order valence-corrected chi connectivity index (χ0v) is 13.1. The fraction of sp³-hybridized carbons (Fsp3) is 0.625. The molecule has 0 spiro atoms. The molecule has 1 aromatic carbocycles. The summed E-state index contributed by atoms with van der Waals surface area (Å²) in [5, 5.41) is 4.24. The summed E-state index contributed by atoms with van der Waals surface area (Å²) < 4.78 is 5.42. The van der Waals surface area contributed by atoms with E-state index in [2.05, 4.69) is 56.2 Å². The Morgan fingerprint density at radius 3 is 2.68 bits per heavy atom. The van der Waals surface area contributed by atoms with E-state index in [-0.39, 0.29) is 0 Å². The zero-order chi connectivity index (χ0) is 13.7. The highest BCUT2D eigenvalue weighted by Crippen LogP contribution is 2.28. The Labute approximate surface area is 121 Å². The van der Waals surface area contributed by atoms with Crippen molar-refractivity contribution in [1.82, 2.24) is 5.32 Å². The first-order chi connectivity index (χ1) is 9.20. The second-order valence-corrected chi connectivity index (χ2v) is 6.68. The monoisotopic (exact) mass is 279 g/mol. The van der Waals surface area contributed by atoms with E-state index < -0.39 is 0 Å². The van der Waals surface area contributed by atoms with Gasteiger partial charge in [0.25, 0.3) is 0 Å². The molecule has 1 aliphatic rings. The molecule has 19 heavy (non-hydrogen) atoms. The van der Waals surface area contributed by atoms with Gasteiger partial charge in [0.15, 0.2) is 0 Å². The third-order valence-electron chi connectivity index (χ3n) is 3.82. The van der Waals surface area contributed by atoms with Crippen LogP contribution in [-0.2, 0) is 4.74 Å². The van der Waals surface area contributed by atoms with Crippen molar-refractivity contribution in [2.24, 2.45) is 0 Å². The van der Waals surface area contributed by atoms with Gasteiger partial charge in [0, 0.05) is 30.3 Å². The average molecular weight is 279 g/mol. The lowest BCUT2D eigenvalue weighted by Gasteiger charge is -2.25. The summed E-state index contributed by atoms with van der Waals surface area (Å²) in [6.45, 7) is 6.24.